The van der Waals surface area contributed by atoms with E-state index >= 15 is 0 Å². The van der Waals surface area contributed by atoms with E-state index in [0.717, 1.165) is 19.0 Å². The Balaban J connectivity index is 0. The van der Waals surface area contributed by atoms with E-state index in [1.54, 1.807) is 0 Å². The van der Waals surface area contributed by atoms with Crippen LogP contribution in [0.1, 0.15) is 25.7 Å². The Morgan fingerprint density at radius 1 is 0.857 bits per heavy atom. The third kappa shape index (κ3) is 22.6. The number of carbonyl (C=O) groups is 2. The third-order valence-corrected chi connectivity index (χ3v) is 1.90. The normalized spacial score (nSPS) is 8.71. The van der Waals surface area contributed by atoms with E-state index in [2.05, 4.69) is 18.5 Å². The van der Waals surface area contributed by atoms with Crippen LogP contribution in [0.3, 0.4) is 0 Å². The Morgan fingerprint density at radius 3 is 1.57 bits per heavy atom. The van der Waals surface area contributed by atoms with Crippen molar-refractivity contribution in [3.05, 3.63) is 0 Å². The summed E-state index contributed by atoms with van der Waals surface area (Å²) in [5.41, 5.74) is 0. The zero-order valence-corrected chi connectivity index (χ0v) is 10.4. The summed E-state index contributed by atoms with van der Waals surface area (Å²) in [6.07, 6.45) is 4.03. The van der Waals surface area contributed by atoms with Gasteiger partial charge in [-0.15, -0.1) is 18.5 Å². The third-order valence-electron chi connectivity index (χ3n) is 1.20. The summed E-state index contributed by atoms with van der Waals surface area (Å²) in [6, 6.07) is 0. The van der Waals surface area contributed by atoms with Crippen molar-refractivity contribution >= 4 is 30.4 Å². The minimum absolute atomic E-state index is 0.255. The van der Waals surface area contributed by atoms with Gasteiger partial charge in [0.25, 0.3) is 0 Å². The van der Waals surface area contributed by atoms with Crippen molar-refractivity contribution in [2.45, 2.75) is 25.7 Å². The van der Waals surface area contributed by atoms with E-state index in [9.17, 15) is 9.59 Å². The van der Waals surface area contributed by atoms with Gasteiger partial charge in [-0.05, 0) is 25.2 Å². The van der Waals surface area contributed by atoms with Crippen molar-refractivity contribution in [1.29, 1.82) is 0 Å². The quantitative estimate of drug-likeness (QED) is 0.544. The van der Waals surface area contributed by atoms with Gasteiger partial charge in [-0.1, -0.05) is 0 Å². The number of carboxylic acid groups (broad SMARTS) is 2. The summed E-state index contributed by atoms with van der Waals surface area (Å²) < 4.78 is 0. The van der Waals surface area contributed by atoms with Crippen LogP contribution in [0.4, 0.5) is 0 Å². The fraction of sp³-hybridized carbons (Fsp3) is 0.750. The molecule has 0 saturated heterocycles. The van der Waals surface area contributed by atoms with Crippen molar-refractivity contribution < 1.29 is 19.8 Å². The summed E-state index contributed by atoms with van der Waals surface area (Å²) in [4.78, 5) is 19.5. The predicted molar refractivity (Wildman–Crippen MR) is 62.9 cm³/mol. The van der Waals surface area contributed by atoms with Gasteiger partial charge < -0.3 is 10.2 Å². The van der Waals surface area contributed by atoms with Crippen LogP contribution < -0.4 is 0 Å². The average molecular weight is 240 g/mol. The lowest BCUT2D eigenvalue weighted by atomic mass is 10.3. The molecule has 0 aromatic heterocycles. The van der Waals surface area contributed by atoms with Crippen LogP contribution >= 0.6 is 18.5 Å². The highest BCUT2D eigenvalue weighted by atomic mass is 31.0. The summed E-state index contributed by atoms with van der Waals surface area (Å²) in [5, 5.41) is 16.0. The number of carboxylic acids is 2. The second-order valence-corrected chi connectivity index (χ2v) is 3.73. The smallest absolute Gasteiger partial charge is 0.303 e. The van der Waals surface area contributed by atoms with Crippen molar-refractivity contribution in [2.75, 3.05) is 12.3 Å². The molecule has 0 bridgehead atoms. The van der Waals surface area contributed by atoms with Crippen LogP contribution in [0.2, 0.25) is 0 Å². The topological polar surface area (TPSA) is 74.6 Å². The average Bonchev–Trinajstić information content (AvgIpc) is 2.05. The Hall–Kier alpha value is -0.200. The molecule has 0 aliphatic rings. The van der Waals surface area contributed by atoms with Crippen LogP contribution in [0.15, 0.2) is 0 Å². The molecule has 0 amide bonds. The molecule has 0 fully saturated rings. The second-order valence-electron chi connectivity index (χ2n) is 2.57. The SMILES string of the molecule is O=C(O)CCCCP.O=C(O)CCP. The van der Waals surface area contributed by atoms with Gasteiger partial charge in [0.05, 0.1) is 0 Å². The first-order valence-corrected chi connectivity index (χ1v) is 6.01. The molecular formula is C8H18O4P2. The lowest BCUT2D eigenvalue weighted by molar-refractivity contribution is -0.137. The van der Waals surface area contributed by atoms with Crippen molar-refractivity contribution in [1.82, 2.24) is 0 Å². The van der Waals surface area contributed by atoms with E-state index in [0.29, 0.717) is 12.6 Å². The molecule has 0 rings (SSSR count). The highest BCUT2D eigenvalue weighted by Crippen LogP contribution is 1.97. The number of hydrogen-bond acceptors (Lipinski definition) is 2. The summed E-state index contributed by atoms with van der Waals surface area (Å²) in [5.74, 6) is -1.42. The van der Waals surface area contributed by atoms with Crippen LogP contribution in [-0.2, 0) is 9.59 Å². The number of unbranched alkanes of at least 4 members (excludes halogenated alkanes) is 1. The molecule has 0 spiro atoms. The molecule has 4 nitrogen and oxygen atoms in total. The summed E-state index contributed by atoms with van der Waals surface area (Å²) >= 11 is 0. The van der Waals surface area contributed by atoms with Gasteiger partial charge in [-0.25, -0.2) is 0 Å². The van der Waals surface area contributed by atoms with Gasteiger partial charge in [0.15, 0.2) is 0 Å². The monoisotopic (exact) mass is 240 g/mol. The van der Waals surface area contributed by atoms with Gasteiger partial charge in [0, 0.05) is 12.8 Å². The highest BCUT2D eigenvalue weighted by Gasteiger charge is 1.92. The van der Waals surface area contributed by atoms with Crippen molar-refractivity contribution in [3.8, 4) is 0 Å². The van der Waals surface area contributed by atoms with Crippen LogP contribution in [0, 0.1) is 0 Å². The van der Waals surface area contributed by atoms with Gasteiger partial charge >= 0.3 is 11.9 Å². The maximum atomic E-state index is 9.87. The lowest BCUT2D eigenvalue weighted by Gasteiger charge is -1.89. The first-order chi connectivity index (χ1) is 6.54. The fourth-order valence-electron chi connectivity index (χ4n) is 0.544. The van der Waals surface area contributed by atoms with E-state index in [1.165, 1.54) is 0 Å². The molecule has 0 aliphatic heterocycles. The highest BCUT2D eigenvalue weighted by molar-refractivity contribution is 7.16. The second kappa shape index (κ2) is 12.8. The van der Waals surface area contributed by atoms with E-state index in [4.69, 9.17) is 10.2 Å². The standard InChI is InChI=1S/C5H11O2P.C3H7O2P/c6-5(7)3-1-2-4-8;4-3(5)1-2-6/h1-4,8H2,(H,6,7);1-2,6H2,(H,4,5). The van der Waals surface area contributed by atoms with Gasteiger partial charge in [0.2, 0.25) is 0 Å². The molecule has 0 saturated carbocycles. The molecule has 0 aromatic carbocycles. The van der Waals surface area contributed by atoms with Gasteiger partial charge in [-0.3, -0.25) is 9.59 Å². The molecule has 14 heavy (non-hydrogen) atoms. The molecule has 0 heterocycles. The molecule has 6 heteroatoms. The van der Waals surface area contributed by atoms with E-state index in [-0.39, 0.29) is 6.42 Å². The first kappa shape index (κ1) is 16.2. The number of hydrogen-bond donors (Lipinski definition) is 2. The summed E-state index contributed by atoms with van der Waals surface area (Å²) in [6.45, 7) is 0. The Bertz CT molecular complexity index is 161. The largest absolute Gasteiger partial charge is 0.481 e. The maximum absolute atomic E-state index is 9.87. The van der Waals surface area contributed by atoms with E-state index < -0.39 is 11.9 Å². The predicted octanol–water partition coefficient (Wildman–Crippen LogP) is 1.45. The van der Waals surface area contributed by atoms with Crippen LogP contribution in [-0.4, -0.2) is 34.5 Å². The minimum atomic E-state index is -0.731. The van der Waals surface area contributed by atoms with Crippen LogP contribution in [0.25, 0.3) is 0 Å². The molecule has 84 valence electrons. The zero-order chi connectivity index (χ0) is 11.4. The molecular weight excluding hydrogens is 222 g/mol. The Kier molecular flexibility index (Phi) is 14.8. The van der Waals surface area contributed by atoms with E-state index in [1.807, 2.05) is 0 Å². The Labute approximate surface area is 88.9 Å². The molecule has 0 aromatic rings. The number of rotatable bonds is 6. The molecule has 2 N–H and O–H groups in total. The lowest BCUT2D eigenvalue weighted by Crippen LogP contribution is -1.93. The first-order valence-electron chi connectivity index (χ1n) is 4.38. The molecule has 2 unspecified atom stereocenters. The summed E-state index contributed by atoms with van der Waals surface area (Å²) in [7, 11) is 4.91. The van der Waals surface area contributed by atoms with Crippen LogP contribution in [0.5, 0.6) is 0 Å². The maximum Gasteiger partial charge on any atom is 0.303 e. The van der Waals surface area contributed by atoms with Crippen molar-refractivity contribution in [3.63, 3.8) is 0 Å². The Morgan fingerprint density at radius 2 is 1.36 bits per heavy atom. The zero-order valence-electron chi connectivity index (χ0n) is 8.11. The minimum Gasteiger partial charge on any atom is -0.481 e. The fourth-order valence-corrected chi connectivity index (χ4v) is 1.08. The van der Waals surface area contributed by atoms with Crippen molar-refractivity contribution in [2.24, 2.45) is 0 Å². The van der Waals surface area contributed by atoms with Gasteiger partial charge in [-0.2, -0.15) is 0 Å². The molecule has 0 radical (unpaired) electrons. The number of aliphatic carboxylic acids is 2. The molecule has 2 atom stereocenters. The molecule has 0 aliphatic carbocycles. The van der Waals surface area contributed by atoms with Gasteiger partial charge in [0.1, 0.15) is 0 Å².